The molecular weight excluding hydrogens is 579 g/mol. The predicted octanol–water partition coefficient (Wildman–Crippen LogP) is 3.46. The highest BCUT2D eigenvalue weighted by Gasteiger charge is 2.49. The Morgan fingerprint density at radius 3 is 2.55 bits per heavy atom. The lowest BCUT2D eigenvalue weighted by Crippen LogP contribution is -2.60. The second-order valence-electron chi connectivity index (χ2n) is 12.1. The van der Waals surface area contributed by atoms with Gasteiger partial charge < -0.3 is 14.3 Å². The van der Waals surface area contributed by atoms with Gasteiger partial charge in [-0.15, -0.1) is 0 Å². The number of amides is 4. The van der Waals surface area contributed by atoms with Crippen molar-refractivity contribution in [2.75, 3.05) is 26.2 Å². The summed E-state index contributed by atoms with van der Waals surface area (Å²) < 4.78 is 50.0. The second-order valence-corrected chi connectivity index (χ2v) is 12.1. The molecule has 5 heterocycles. The molecule has 2 atom stereocenters. The van der Waals surface area contributed by atoms with Gasteiger partial charge in [0.1, 0.15) is 11.9 Å². The zero-order chi connectivity index (χ0) is 30.7. The lowest BCUT2D eigenvalue weighted by molar-refractivity contribution is -0.136. The molecule has 7 rings (SSSR count). The summed E-state index contributed by atoms with van der Waals surface area (Å²) in [5, 5.41) is 7.13. The minimum Gasteiger partial charge on any atom is -0.356 e. The molecule has 4 aliphatic heterocycles. The number of nitrogens with zero attached hydrogens (tertiary/aromatic N) is 4. The lowest BCUT2D eigenvalue weighted by Gasteiger charge is -2.45. The zero-order valence-electron chi connectivity index (χ0n) is 23.7. The number of aromatic nitrogens is 1. The van der Waals surface area contributed by atoms with Gasteiger partial charge in [0.15, 0.2) is 5.58 Å². The number of carbonyl (C=O) groups is 4. The van der Waals surface area contributed by atoms with Crippen LogP contribution in [0.15, 0.2) is 40.9 Å². The molecule has 13 heteroatoms. The number of hydrogen-bond acceptors (Lipinski definition) is 7. The molecule has 4 amide bonds. The number of alkyl halides is 2. The van der Waals surface area contributed by atoms with Gasteiger partial charge in [-0.05, 0) is 68.6 Å². The van der Waals surface area contributed by atoms with Gasteiger partial charge in [-0.25, -0.2) is 13.2 Å². The molecule has 3 fully saturated rings. The van der Waals surface area contributed by atoms with Crippen LogP contribution in [0, 0.1) is 5.82 Å². The molecule has 10 nitrogen and oxygen atoms in total. The second kappa shape index (κ2) is 10.7. The molecule has 1 N–H and O–H groups in total. The van der Waals surface area contributed by atoms with Crippen LogP contribution >= 0.6 is 0 Å². The van der Waals surface area contributed by atoms with Crippen molar-refractivity contribution in [3.63, 3.8) is 0 Å². The first kappa shape index (κ1) is 28.5. The molecule has 0 radical (unpaired) electrons. The SMILES string of the molecule is O=C1CCC(N2Cc3ccc(C(=O)N4CCC(N5CCC(c6noc7cc(F)ccc67)CC5)C(F)(F)C4)cc3C2=O)C(=O)N1. The molecule has 1 aromatic heterocycles. The number of rotatable bonds is 4. The standard InChI is InChI=1S/C31H30F3N5O5/c32-20-3-4-21-24(14-20)44-36-27(21)17-7-10-37(11-8-17)25-9-12-38(16-31(25,33)34)29(42)18-1-2-19-15-39(30(43)22(19)13-18)23-5-6-26(40)35-28(23)41/h1-4,13-14,17,23,25H,5-12,15-16H2,(H,35,40,41). The molecule has 2 unspecified atom stereocenters. The number of carbonyl (C=O) groups excluding carboxylic acids is 4. The summed E-state index contributed by atoms with van der Waals surface area (Å²) in [6.07, 6.45) is 1.66. The number of likely N-dealkylation sites (tertiary alicyclic amines) is 2. The molecule has 44 heavy (non-hydrogen) atoms. The Kier molecular flexibility index (Phi) is 6.95. The van der Waals surface area contributed by atoms with E-state index in [0.29, 0.717) is 37.1 Å². The largest absolute Gasteiger partial charge is 0.356 e. The summed E-state index contributed by atoms with van der Waals surface area (Å²) in [5.74, 6) is -5.46. The van der Waals surface area contributed by atoms with Crippen molar-refractivity contribution in [1.82, 2.24) is 25.2 Å². The lowest BCUT2D eigenvalue weighted by atomic mass is 9.89. The van der Waals surface area contributed by atoms with E-state index in [9.17, 15) is 23.6 Å². The summed E-state index contributed by atoms with van der Waals surface area (Å²) >= 11 is 0. The van der Waals surface area contributed by atoms with Crippen LogP contribution in [0.25, 0.3) is 11.0 Å². The molecule has 0 saturated carbocycles. The van der Waals surface area contributed by atoms with Crippen molar-refractivity contribution in [2.24, 2.45) is 0 Å². The molecule has 2 aromatic carbocycles. The van der Waals surface area contributed by atoms with E-state index in [2.05, 4.69) is 10.5 Å². The maximum absolute atomic E-state index is 15.6. The first-order valence-electron chi connectivity index (χ1n) is 14.8. The summed E-state index contributed by atoms with van der Waals surface area (Å²) in [6.45, 7) is 0.450. The number of imide groups is 1. The van der Waals surface area contributed by atoms with Gasteiger partial charge in [-0.1, -0.05) is 11.2 Å². The van der Waals surface area contributed by atoms with Crippen molar-refractivity contribution in [2.45, 2.75) is 62.6 Å². The van der Waals surface area contributed by atoms with Crippen LogP contribution in [0.3, 0.4) is 0 Å². The van der Waals surface area contributed by atoms with Gasteiger partial charge >= 0.3 is 0 Å². The van der Waals surface area contributed by atoms with Crippen LogP contribution in [-0.2, 0) is 16.1 Å². The summed E-state index contributed by atoms with van der Waals surface area (Å²) in [4.78, 5) is 54.7. The number of hydrogen-bond donors (Lipinski definition) is 1. The van der Waals surface area contributed by atoms with E-state index >= 15 is 8.78 Å². The molecule has 0 bridgehead atoms. The monoisotopic (exact) mass is 609 g/mol. The fourth-order valence-corrected chi connectivity index (χ4v) is 7.13. The average Bonchev–Trinajstić information content (AvgIpc) is 3.56. The van der Waals surface area contributed by atoms with E-state index in [4.69, 9.17) is 4.52 Å². The number of fused-ring (bicyclic) bond motifs is 2. The van der Waals surface area contributed by atoms with E-state index in [1.807, 2.05) is 0 Å². The van der Waals surface area contributed by atoms with E-state index in [1.165, 1.54) is 29.2 Å². The van der Waals surface area contributed by atoms with Gasteiger partial charge in [-0.3, -0.25) is 29.4 Å². The quantitative estimate of drug-likeness (QED) is 0.451. The summed E-state index contributed by atoms with van der Waals surface area (Å²) in [7, 11) is 0. The Bertz CT molecular complexity index is 1680. The third-order valence-electron chi connectivity index (χ3n) is 9.44. The highest BCUT2D eigenvalue weighted by atomic mass is 19.3. The Labute approximate surface area is 250 Å². The zero-order valence-corrected chi connectivity index (χ0v) is 23.7. The molecular formula is C31H30F3N5O5. The molecule has 0 spiro atoms. The van der Waals surface area contributed by atoms with Crippen molar-refractivity contribution in [3.05, 3.63) is 64.6 Å². The number of benzene rings is 2. The van der Waals surface area contributed by atoms with Crippen molar-refractivity contribution < 1.29 is 36.9 Å². The maximum atomic E-state index is 15.6. The van der Waals surface area contributed by atoms with Gasteiger partial charge in [0.05, 0.1) is 18.3 Å². The van der Waals surface area contributed by atoms with Crippen molar-refractivity contribution >= 4 is 34.6 Å². The van der Waals surface area contributed by atoms with E-state index in [0.717, 1.165) is 16.0 Å². The van der Waals surface area contributed by atoms with E-state index in [1.54, 1.807) is 17.0 Å². The Hall–Kier alpha value is -4.26. The van der Waals surface area contributed by atoms with E-state index < -0.39 is 48.1 Å². The fourth-order valence-electron chi connectivity index (χ4n) is 7.13. The van der Waals surface area contributed by atoms with Crippen LogP contribution < -0.4 is 5.32 Å². The minimum absolute atomic E-state index is 0.0154. The van der Waals surface area contributed by atoms with Crippen LogP contribution in [0.2, 0.25) is 0 Å². The topological polar surface area (TPSA) is 116 Å². The van der Waals surface area contributed by atoms with Gasteiger partial charge in [0.25, 0.3) is 17.7 Å². The van der Waals surface area contributed by atoms with E-state index in [-0.39, 0.29) is 55.3 Å². The van der Waals surface area contributed by atoms with Crippen LogP contribution in [0.1, 0.15) is 70.0 Å². The number of halogens is 3. The molecule has 230 valence electrons. The highest BCUT2D eigenvalue weighted by molar-refractivity contribution is 6.06. The van der Waals surface area contributed by atoms with Gasteiger partial charge in [0, 0.05) is 48.0 Å². The summed E-state index contributed by atoms with van der Waals surface area (Å²) in [5.41, 5.74) is 2.12. The third kappa shape index (κ3) is 4.92. The van der Waals surface area contributed by atoms with Crippen molar-refractivity contribution in [1.29, 1.82) is 0 Å². The van der Waals surface area contributed by atoms with Crippen LogP contribution in [-0.4, -0.2) is 87.7 Å². The third-order valence-corrected chi connectivity index (χ3v) is 9.44. The smallest absolute Gasteiger partial charge is 0.280 e. The Balaban J connectivity index is 0.988. The summed E-state index contributed by atoms with van der Waals surface area (Å²) in [6, 6.07) is 7.04. The fraction of sp³-hybridized carbons (Fsp3) is 0.452. The predicted molar refractivity (Wildman–Crippen MR) is 149 cm³/mol. The normalized spacial score (nSPS) is 24.6. The average molecular weight is 610 g/mol. The van der Waals surface area contributed by atoms with Gasteiger partial charge in [-0.2, -0.15) is 0 Å². The Morgan fingerprint density at radius 1 is 1.00 bits per heavy atom. The molecule has 3 aromatic rings. The highest BCUT2D eigenvalue weighted by Crippen LogP contribution is 2.38. The maximum Gasteiger partial charge on any atom is 0.280 e. The minimum atomic E-state index is -3.14. The number of piperidine rings is 3. The van der Waals surface area contributed by atoms with Gasteiger partial charge in [0.2, 0.25) is 11.8 Å². The molecule has 3 saturated heterocycles. The molecule has 0 aliphatic carbocycles. The van der Waals surface area contributed by atoms with Crippen LogP contribution in [0.5, 0.6) is 0 Å². The first-order chi connectivity index (χ1) is 21.1. The molecule has 4 aliphatic rings. The number of nitrogens with one attached hydrogen (secondary N) is 1. The van der Waals surface area contributed by atoms with Crippen molar-refractivity contribution in [3.8, 4) is 0 Å². The Morgan fingerprint density at radius 2 is 1.80 bits per heavy atom. The first-order valence-corrected chi connectivity index (χ1v) is 14.8. The van der Waals surface area contributed by atoms with Crippen LogP contribution in [0.4, 0.5) is 13.2 Å².